The van der Waals surface area contributed by atoms with Crippen LogP contribution < -0.4 is 0 Å². The molecule has 0 aromatic carbocycles. The lowest BCUT2D eigenvalue weighted by molar-refractivity contribution is -0.139. The molecule has 2 heterocycles. The molecule has 3 rings (SSSR count). The zero-order chi connectivity index (χ0) is 15.0. The SMILES string of the molecule is Cn1cnnc1S(=O)(=O)C1CCN(C(=O)C2CCC2)CC1. The smallest absolute Gasteiger partial charge is 0.249 e. The molecule has 0 N–H and O–H groups in total. The molecule has 1 aliphatic carbocycles. The van der Waals surface area contributed by atoms with Gasteiger partial charge in [-0.2, -0.15) is 0 Å². The number of aryl methyl sites for hydroxylation is 1. The first-order chi connectivity index (χ1) is 10.00. The molecule has 1 aliphatic heterocycles. The van der Waals surface area contributed by atoms with E-state index in [0.29, 0.717) is 25.9 Å². The Labute approximate surface area is 124 Å². The highest BCUT2D eigenvalue weighted by molar-refractivity contribution is 7.91. The van der Waals surface area contributed by atoms with E-state index in [4.69, 9.17) is 0 Å². The summed E-state index contributed by atoms with van der Waals surface area (Å²) >= 11 is 0. The Bertz CT molecular complexity index is 628. The van der Waals surface area contributed by atoms with Gasteiger partial charge in [-0.3, -0.25) is 4.79 Å². The third-order valence-electron chi connectivity index (χ3n) is 4.57. The summed E-state index contributed by atoms with van der Waals surface area (Å²) in [6.07, 6.45) is 5.45. The number of piperidine rings is 1. The second kappa shape index (κ2) is 5.40. The molecular weight excluding hydrogens is 292 g/mol. The van der Waals surface area contributed by atoms with Gasteiger partial charge in [0.05, 0.1) is 5.25 Å². The van der Waals surface area contributed by atoms with E-state index in [1.807, 2.05) is 4.90 Å². The van der Waals surface area contributed by atoms with E-state index in [0.717, 1.165) is 19.3 Å². The molecule has 0 spiro atoms. The normalized spacial score (nSPS) is 21.3. The van der Waals surface area contributed by atoms with Crippen molar-refractivity contribution in [2.75, 3.05) is 13.1 Å². The molecule has 8 heteroatoms. The van der Waals surface area contributed by atoms with E-state index in [1.165, 1.54) is 10.9 Å². The van der Waals surface area contributed by atoms with Gasteiger partial charge in [-0.05, 0) is 25.7 Å². The molecule has 1 aromatic heterocycles. The van der Waals surface area contributed by atoms with E-state index >= 15 is 0 Å². The van der Waals surface area contributed by atoms with Gasteiger partial charge in [-0.1, -0.05) is 6.42 Å². The summed E-state index contributed by atoms with van der Waals surface area (Å²) in [5, 5.41) is 6.90. The minimum absolute atomic E-state index is 0.0197. The summed E-state index contributed by atoms with van der Waals surface area (Å²) in [5.41, 5.74) is 0. The first-order valence-electron chi connectivity index (χ1n) is 7.37. The second-order valence-corrected chi connectivity index (χ2v) is 8.04. The van der Waals surface area contributed by atoms with Crippen LogP contribution in [0.2, 0.25) is 0 Å². The van der Waals surface area contributed by atoms with Crippen molar-refractivity contribution in [3.63, 3.8) is 0 Å². The summed E-state index contributed by atoms with van der Waals surface area (Å²) in [6, 6.07) is 0. The number of rotatable bonds is 3. The van der Waals surface area contributed by atoms with Crippen LogP contribution in [0.15, 0.2) is 11.5 Å². The Morgan fingerprint density at radius 3 is 2.38 bits per heavy atom. The predicted octanol–water partition coefficient (Wildman–Crippen LogP) is 0.380. The Morgan fingerprint density at radius 1 is 1.24 bits per heavy atom. The van der Waals surface area contributed by atoms with Crippen molar-refractivity contribution in [2.45, 2.75) is 42.5 Å². The van der Waals surface area contributed by atoms with E-state index in [9.17, 15) is 13.2 Å². The fourth-order valence-corrected chi connectivity index (χ4v) is 4.72. The Kier molecular flexibility index (Phi) is 3.73. The van der Waals surface area contributed by atoms with Gasteiger partial charge in [0, 0.05) is 26.1 Å². The number of carbonyl (C=O) groups is 1. The second-order valence-electron chi connectivity index (χ2n) is 5.92. The maximum absolute atomic E-state index is 12.5. The standard InChI is InChI=1S/C13H20N4O3S/c1-16-9-14-15-13(16)21(19,20)11-5-7-17(8-6-11)12(18)10-3-2-4-10/h9-11H,2-8H2,1H3. The average molecular weight is 312 g/mol. The van der Waals surface area contributed by atoms with Gasteiger partial charge in [-0.25, -0.2) is 8.42 Å². The molecule has 1 amide bonds. The third-order valence-corrected chi connectivity index (χ3v) is 6.80. The minimum Gasteiger partial charge on any atom is -0.342 e. The molecule has 0 atom stereocenters. The van der Waals surface area contributed by atoms with Crippen molar-refractivity contribution in [3.8, 4) is 0 Å². The molecule has 2 aliphatic rings. The van der Waals surface area contributed by atoms with Crippen LogP contribution >= 0.6 is 0 Å². The fourth-order valence-electron chi connectivity index (χ4n) is 2.98. The van der Waals surface area contributed by atoms with Crippen molar-refractivity contribution < 1.29 is 13.2 Å². The van der Waals surface area contributed by atoms with Crippen molar-refractivity contribution in [2.24, 2.45) is 13.0 Å². The summed E-state index contributed by atoms with van der Waals surface area (Å²) in [4.78, 5) is 14.0. The minimum atomic E-state index is -3.46. The highest BCUT2D eigenvalue weighted by Gasteiger charge is 2.37. The van der Waals surface area contributed by atoms with Crippen LogP contribution in [0.5, 0.6) is 0 Å². The molecular formula is C13H20N4O3S. The van der Waals surface area contributed by atoms with Crippen LogP contribution in [0.4, 0.5) is 0 Å². The maximum Gasteiger partial charge on any atom is 0.249 e. The van der Waals surface area contributed by atoms with E-state index < -0.39 is 15.1 Å². The number of hydrogen-bond donors (Lipinski definition) is 0. The topological polar surface area (TPSA) is 85.2 Å². The lowest BCUT2D eigenvalue weighted by Gasteiger charge is -2.36. The highest BCUT2D eigenvalue weighted by atomic mass is 32.2. The monoisotopic (exact) mass is 312 g/mol. The zero-order valence-electron chi connectivity index (χ0n) is 12.1. The summed E-state index contributed by atoms with van der Waals surface area (Å²) < 4.78 is 26.5. The van der Waals surface area contributed by atoms with Crippen molar-refractivity contribution in [1.29, 1.82) is 0 Å². The molecule has 1 saturated carbocycles. The number of hydrogen-bond acceptors (Lipinski definition) is 5. The average Bonchev–Trinajstić information content (AvgIpc) is 2.84. The van der Waals surface area contributed by atoms with Gasteiger partial charge in [0.15, 0.2) is 0 Å². The number of sulfone groups is 1. The number of amides is 1. The number of carbonyl (C=O) groups excluding carboxylic acids is 1. The van der Waals surface area contributed by atoms with Crippen LogP contribution in [0.25, 0.3) is 0 Å². The quantitative estimate of drug-likeness (QED) is 0.805. The fraction of sp³-hybridized carbons (Fsp3) is 0.769. The van der Waals surface area contributed by atoms with Crippen LogP contribution in [0, 0.1) is 5.92 Å². The van der Waals surface area contributed by atoms with Crippen LogP contribution in [0.3, 0.4) is 0 Å². The maximum atomic E-state index is 12.5. The molecule has 1 saturated heterocycles. The Morgan fingerprint density at radius 2 is 1.90 bits per heavy atom. The van der Waals surface area contributed by atoms with Crippen LogP contribution in [-0.4, -0.2) is 52.3 Å². The first kappa shape index (κ1) is 14.5. The molecule has 0 radical (unpaired) electrons. The lowest BCUT2D eigenvalue weighted by Crippen LogP contribution is -2.46. The molecule has 0 unspecified atom stereocenters. The largest absolute Gasteiger partial charge is 0.342 e. The molecule has 0 bridgehead atoms. The summed E-state index contributed by atoms with van der Waals surface area (Å²) in [5.74, 6) is 0.382. The molecule has 7 nitrogen and oxygen atoms in total. The summed E-state index contributed by atoms with van der Waals surface area (Å²) in [7, 11) is -1.83. The van der Waals surface area contributed by atoms with Crippen molar-refractivity contribution >= 4 is 15.7 Å². The Balaban J connectivity index is 1.65. The number of likely N-dealkylation sites (tertiary alicyclic amines) is 1. The zero-order valence-corrected chi connectivity index (χ0v) is 12.9. The molecule has 116 valence electrons. The highest BCUT2D eigenvalue weighted by Crippen LogP contribution is 2.30. The summed E-state index contributed by atoms with van der Waals surface area (Å²) in [6.45, 7) is 1.05. The van der Waals surface area contributed by atoms with E-state index in [1.54, 1.807) is 7.05 Å². The molecule has 21 heavy (non-hydrogen) atoms. The van der Waals surface area contributed by atoms with Gasteiger partial charge in [0.1, 0.15) is 6.33 Å². The van der Waals surface area contributed by atoms with Gasteiger partial charge in [0.2, 0.25) is 20.9 Å². The third kappa shape index (κ3) is 2.56. The molecule has 2 fully saturated rings. The lowest BCUT2D eigenvalue weighted by atomic mass is 9.84. The van der Waals surface area contributed by atoms with E-state index in [-0.39, 0.29) is 17.0 Å². The number of nitrogens with zero attached hydrogens (tertiary/aromatic N) is 4. The number of aromatic nitrogens is 3. The first-order valence-corrected chi connectivity index (χ1v) is 8.91. The predicted molar refractivity (Wildman–Crippen MR) is 75.1 cm³/mol. The molecule has 1 aromatic rings. The van der Waals surface area contributed by atoms with Gasteiger partial charge < -0.3 is 9.47 Å². The van der Waals surface area contributed by atoms with Crippen molar-refractivity contribution in [1.82, 2.24) is 19.7 Å². The van der Waals surface area contributed by atoms with Gasteiger partial charge in [-0.15, -0.1) is 10.2 Å². The van der Waals surface area contributed by atoms with Crippen LogP contribution in [0.1, 0.15) is 32.1 Å². The van der Waals surface area contributed by atoms with Gasteiger partial charge in [0.25, 0.3) is 0 Å². The Hall–Kier alpha value is -1.44. The van der Waals surface area contributed by atoms with Crippen LogP contribution in [-0.2, 0) is 21.7 Å². The van der Waals surface area contributed by atoms with Crippen molar-refractivity contribution in [3.05, 3.63) is 6.33 Å². The van der Waals surface area contributed by atoms with E-state index in [2.05, 4.69) is 10.2 Å². The van der Waals surface area contributed by atoms with Gasteiger partial charge >= 0.3 is 0 Å².